The predicted molar refractivity (Wildman–Crippen MR) is 98.3 cm³/mol. The highest BCUT2D eigenvalue weighted by atomic mass is 32.2. The summed E-state index contributed by atoms with van der Waals surface area (Å²) in [6, 6.07) is 10.1. The maximum Gasteiger partial charge on any atom is 0.233 e. The summed E-state index contributed by atoms with van der Waals surface area (Å²) < 4.78 is 2.05. The average Bonchev–Trinajstić information content (AvgIpc) is 2.97. The number of thioether (sulfide) groups is 1. The Kier molecular flexibility index (Phi) is 6.25. The highest BCUT2D eigenvalue weighted by molar-refractivity contribution is 8.00. The smallest absolute Gasteiger partial charge is 0.233 e. The lowest BCUT2D eigenvalue weighted by atomic mass is 10.2. The maximum atomic E-state index is 12.3. The number of carbonyl (C=O) groups excluding carboxylic acids is 1. The first kappa shape index (κ1) is 18.3. The average molecular weight is 347 g/mol. The standard InChI is InChI=1S/C17H25N5OS/c1-12(2)22-16(21(4)5)19-20-17(22)24-13(3)15(23)18-11-14-9-7-6-8-10-14/h6-10,12-13H,11H2,1-5H3,(H,18,23). The molecule has 7 heteroatoms. The van der Waals surface area contributed by atoms with Gasteiger partial charge in [0.1, 0.15) is 0 Å². The molecule has 0 fully saturated rings. The summed E-state index contributed by atoms with van der Waals surface area (Å²) in [4.78, 5) is 14.3. The first-order valence-corrected chi connectivity index (χ1v) is 8.88. The summed E-state index contributed by atoms with van der Waals surface area (Å²) in [5.41, 5.74) is 1.09. The summed E-state index contributed by atoms with van der Waals surface area (Å²) in [5.74, 6) is 0.790. The van der Waals surface area contributed by atoms with Crippen LogP contribution in [0.15, 0.2) is 35.5 Å². The molecule has 2 aromatic rings. The van der Waals surface area contributed by atoms with Gasteiger partial charge in [0.05, 0.1) is 5.25 Å². The van der Waals surface area contributed by atoms with E-state index in [1.807, 2.05) is 60.8 Å². The van der Waals surface area contributed by atoms with Crippen molar-refractivity contribution in [1.29, 1.82) is 0 Å². The van der Waals surface area contributed by atoms with E-state index < -0.39 is 0 Å². The molecule has 1 heterocycles. The monoisotopic (exact) mass is 347 g/mol. The molecule has 0 radical (unpaired) electrons. The third-order valence-corrected chi connectivity index (χ3v) is 4.58. The Bertz CT molecular complexity index is 669. The van der Waals surface area contributed by atoms with Crippen LogP contribution in [0.5, 0.6) is 0 Å². The molecule has 1 unspecified atom stereocenters. The lowest BCUT2D eigenvalue weighted by Gasteiger charge is -2.19. The minimum absolute atomic E-state index is 0.00596. The fourth-order valence-corrected chi connectivity index (χ4v) is 3.25. The van der Waals surface area contributed by atoms with Crippen molar-refractivity contribution in [2.75, 3.05) is 19.0 Å². The second-order valence-corrected chi connectivity index (χ2v) is 7.41. The molecule has 1 aromatic carbocycles. The van der Waals surface area contributed by atoms with Crippen molar-refractivity contribution in [2.45, 2.75) is 43.8 Å². The van der Waals surface area contributed by atoms with Gasteiger partial charge in [-0.05, 0) is 26.3 Å². The summed E-state index contributed by atoms with van der Waals surface area (Å²) in [5, 5.41) is 12.0. The lowest BCUT2D eigenvalue weighted by molar-refractivity contribution is -0.120. The van der Waals surface area contributed by atoms with Gasteiger partial charge in [-0.1, -0.05) is 42.1 Å². The Labute approximate surface area is 147 Å². The Morgan fingerprint density at radius 3 is 2.46 bits per heavy atom. The van der Waals surface area contributed by atoms with Gasteiger partial charge in [0.2, 0.25) is 11.9 Å². The van der Waals surface area contributed by atoms with Crippen LogP contribution in [0.1, 0.15) is 32.4 Å². The number of amides is 1. The van der Waals surface area contributed by atoms with Crippen molar-refractivity contribution < 1.29 is 4.79 Å². The lowest BCUT2D eigenvalue weighted by Crippen LogP contribution is -2.30. The molecule has 130 valence electrons. The van der Waals surface area contributed by atoms with Crippen LogP contribution in [0.4, 0.5) is 5.95 Å². The van der Waals surface area contributed by atoms with Gasteiger partial charge in [-0.2, -0.15) is 0 Å². The highest BCUT2D eigenvalue weighted by Gasteiger charge is 2.22. The second-order valence-electron chi connectivity index (χ2n) is 6.10. The number of hydrogen-bond donors (Lipinski definition) is 1. The van der Waals surface area contributed by atoms with E-state index in [-0.39, 0.29) is 17.2 Å². The topological polar surface area (TPSA) is 63.1 Å². The maximum absolute atomic E-state index is 12.3. The van der Waals surface area contributed by atoms with Crippen LogP contribution in [-0.4, -0.2) is 40.0 Å². The highest BCUT2D eigenvalue weighted by Crippen LogP contribution is 2.28. The third kappa shape index (κ3) is 4.50. The van der Waals surface area contributed by atoms with E-state index in [0.717, 1.165) is 16.7 Å². The van der Waals surface area contributed by atoms with Gasteiger partial charge >= 0.3 is 0 Å². The van der Waals surface area contributed by atoms with Crippen molar-refractivity contribution in [1.82, 2.24) is 20.1 Å². The number of carbonyl (C=O) groups is 1. The van der Waals surface area contributed by atoms with Gasteiger partial charge in [0.15, 0.2) is 5.16 Å². The molecule has 0 bridgehead atoms. The Hall–Kier alpha value is -2.02. The SMILES string of the molecule is CC(Sc1nnc(N(C)C)n1C(C)C)C(=O)NCc1ccccc1. The zero-order valence-corrected chi connectivity index (χ0v) is 15.7. The van der Waals surface area contributed by atoms with Crippen LogP contribution in [0.2, 0.25) is 0 Å². The van der Waals surface area contributed by atoms with Crippen molar-refractivity contribution in [3.05, 3.63) is 35.9 Å². The molecule has 1 N–H and O–H groups in total. The van der Waals surface area contributed by atoms with E-state index in [4.69, 9.17) is 0 Å². The zero-order chi connectivity index (χ0) is 17.7. The Balaban J connectivity index is 2.01. The minimum atomic E-state index is -0.245. The second kappa shape index (κ2) is 8.19. The summed E-state index contributed by atoms with van der Waals surface area (Å²) >= 11 is 1.43. The quantitative estimate of drug-likeness (QED) is 0.780. The first-order chi connectivity index (χ1) is 11.4. The van der Waals surface area contributed by atoms with E-state index >= 15 is 0 Å². The largest absolute Gasteiger partial charge is 0.351 e. The van der Waals surface area contributed by atoms with E-state index in [1.165, 1.54) is 11.8 Å². The Morgan fingerprint density at radius 2 is 1.88 bits per heavy atom. The van der Waals surface area contributed by atoms with Crippen molar-refractivity contribution >= 4 is 23.6 Å². The van der Waals surface area contributed by atoms with Crippen molar-refractivity contribution in [3.8, 4) is 0 Å². The number of hydrogen-bond acceptors (Lipinski definition) is 5. The van der Waals surface area contributed by atoms with Gasteiger partial charge < -0.3 is 10.2 Å². The van der Waals surface area contributed by atoms with Gasteiger partial charge in [0, 0.05) is 26.7 Å². The van der Waals surface area contributed by atoms with Crippen LogP contribution in [-0.2, 0) is 11.3 Å². The number of rotatable bonds is 7. The molecule has 0 spiro atoms. The van der Waals surface area contributed by atoms with E-state index in [1.54, 1.807) is 0 Å². The molecular weight excluding hydrogens is 322 g/mol. The number of benzene rings is 1. The number of aromatic nitrogens is 3. The number of nitrogens with one attached hydrogen (secondary N) is 1. The van der Waals surface area contributed by atoms with Crippen LogP contribution >= 0.6 is 11.8 Å². The van der Waals surface area contributed by atoms with Crippen LogP contribution in [0, 0.1) is 0 Å². The number of anilines is 1. The fourth-order valence-electron chi connectivity index (χ4n) is 2.25. The van der Waals surface area contributed by atoms with E-state index in [9.17, 15) is 4.79 Å². The Morgan fingerprint density at radius 1 is 1.21 bits per heavy atom. The summed E-state index contributed by atoms with van der Waals surface area (Å²) in [7, 11) is 3.88. The molecule has 1 aromatic heterocycles. The predicted octanol–water partition coefficient (Wildman–Crippen LogP) is 2.72. The zero-order valence-electron chi connectivity index (χ0n) is 14.9. The van der Waals surface area contributed by atoms with E-state index in [2.05, 4.69) is 29.4 Å². The number of nitrogens with zero attached hydrogens (tertiary/aromatic N) is 4. The van der Waals surface area contributed by atoms with Crippen LogP contribution in [0.25, 0.3) is 0 Å². The van der Waals surface area contributed by atoms with Gasteiger partial charge in [0.25, 0.3) is 0 Å². The summed E-state index contributed by atoms with van der Waals surface area (Å²) in [6.07, 6.45) is 0. The van der Waals surface area contributed by atoms with Crippen molar-refractivity contribution in [3.63, 3.8) is 0 Å². The molecule has 6 nitrogen and oxygen atoms in total. The molecule has 0 saturated carbocycles. The molecule has 1 atom stereocenters. The molecule has 0 saturated heterocycles. The molecular formula is C17H25N5OS. The van der Waals surface area contributed by atoms with Gasteiger partial charge in [-0.25, -0.2) is 0 Å². The fraction of sp³-hybridized carbons (Fsp3) is 0.471. The minimum Gasteiger partial charge on any atom is -0.351 e. The molecule has 0 aliphatic heterocycles. The first-order valence-electron chi connectivity index (χ1n) is 8.00. The van der Waals surface area contributed by atoms with E-state index in [0.29, 0.717) is 6.54 Å². The third-order valence-electron chi connectivity index (χ3n) is 3.52. The molecule has 24 heavy (non-hydrogen) atoms. The van der Waals surface area contributed by atoms with Crippen molar-refractivity contribution in [2.24, 2.45) is 0 Å². The molecule has 0 aliphatic rings. The van der Waals surface area contributed by atoms with Crippen LogP contribution in [0.3, 0.4) is 0 Å². The van der Waals surface area contributed by atoms with Crippen LogP contribution < -0.4 is 10.2 Å². The summed E-state index contributed by atoms with van der Waals surface area (Å²) in [6.45, 7) is 6.59. The molecule has 2 rings (SSSR count). The molecule has 1 amide bonds. The normalized spacial score (nSPS) is 12.2. The van der Waals surface area contributed by atoms with Gasteiger partial charge in [-0.15, -0.1) is 10.2 Å². The van der Waals surface area contributed by atoms with Gasteiger partial charge in [-0.3, -0.25) is 9.36 Å². The molecule has 0 aliphatic carbocycles.